The Morgan fingerprint density at radius 3 is 2.69 bits per heavy atom. The molecule has 0 radical (unpaired) electrons. The van der Waals surface area contributed by atoms with Crippen molar-refractivity contribution in [2.24, 2.45) is 11.1 Å². The fraction of sp³-hybridized carbons (Fsp3) is 0.583. The normalized spacial score (nSPS) is 11.5. The lowest BCUT2D eigenvalue weighted by Gasteiger charge is -2.30. The van der Waals surface area contributed by atoms with Gasteiger partial charge in [-0.25, -0.2) is 0 Å². The molecule has 0 fully saturated rings. The maximum absolute atomic E-state index is 12.1. The van der Waals surface area contributed by atoms with E-state index in [2.05, 4.69) is 13.8 Å². The van der Waals surface area contributed by atoms with Gasteiger partial charge in [-0.3, -0.25) is 4.79 Å². The van der Waals surface area contributed by atoms with Gasteiger partial charge < -0.3 is 10.6 Å². The van der Waals surface area contributed by atoms with E-state index < -0.39 is 0 Å². The van der Waals surface area contributed by atoms with E-state index in [0.29, 0.717) is 13.1 Å². The van der Waals surface area contributed by atoms with Crippen molar-refractivity contribution in [3.63, 3.8) is 0 Å². The van der Waals surface area contributed by atoms with Gasteiger partial charge in [0, 0.05) is 13.1 Å². The third-order valence-electron chi connectivity index (χ3n) is 2.57. The molecule has 0 aliphatic rings. The Hall–Kier alpha value is -0.870. The molecule has 4 heteroatoms. The minimum Gasteiger partial charge on any atom is -0.338 e. The van der Waals surface area contributed by atoms with Crippen LogP contribution in [0.2, 0.25) is 0 Å². The van der Waals surface area contributed by atoms with Gasteiger partial charge in [-0.15, -0.1) is 11.3 Å². The highest BCUT2D eigenvalue weighted by atomic mass is 32.1. The first-order valence-corrected chi connectivity index (χ1v) is 6.41. The molecule has 0 aromatic carbocycles. The lowest BCUT2D eigenvalue weighted by molar-refractivity contribution is 0.0706. The number of nitrogens with zero attached hydrogens (tertiary/aromatic N) is 1. The third-order valence-corrected chi connectivity index (χ3v) is 3.43. The second-order valence-electron chi connectivity index (χ2n) is 4.66. The molecule has 0 unspecified atom stereocenters. The van der Waals surface area contributed by atoms with E-state index in [9.17, 15) is 4.79 Å². The highest BCUT2D eigenvalue weighted by molar-refractivity contribution is 7.12. The summed E-state index contributed by atoms with van der Waals surface area (Å²) < 4.78 is 0. The Morgan fingerprint density at radius 1 is 1.56 bits per heavy atom. The molecule has 16 heavy (non-hydrogen) atoms. The van der Waals surface area contributed by atoms with E-state index in [0.717, 1.165) is 11.4 Å². The quantitative estimate of drug-likeness (QED) is 0.857. The minimum atomic E-state index is -0.0249. The molecule has 0 atom stereocenters. The number of hydrogen-bond acceptors (Lipinski definition) is 3. The molecule has 0 saturated heterocycles. The van der Waals surface area contributed by atoms with E-state index in [1.807, 2.05) is 29.3 Å². The summed E-state index contributed by atoms with van der Waals surface area (Å²) in [6.07, 6.45) is 0. The summed E-state index contributed by atoms with van der Waals surface area (Å²) in [6.45, 7) is 8.17. The lowest BCUT2D eigenvalue weighted by atomic mass is 9.93. The van der Waals surface area contributed by atoms with Crippen LogP contribution in [0, 0.1) is 5.41 Å². The highest BCUT2D eigenvalue weighted by Gasteiger charge is 2.23. The summed E-state index contributed by atoms with van der Waals surface area (Å²) in [5, 5.41) is 1.93. The Kier molecular flexibility index (Phi) is 4.50. The largest absolute Gasteiger partial charge is 0.338 e. The highest BCUT2D eigenvalue weighted by Crippen LogP contribution is 2.18. The van der Waals surface area contributed by atoms with Gasteiger partial charge in [-0.1, -0.05) is 19.9 Å². The number of nitrogens with two attached hydrogens (primary N) is 1. The van der Waals surface area contributed by atoms with Crippen LogP contribution in [0.1, 0.15) is 30.4 Å². The average molecular weight is 240 g/mol. The molecule has 1 heterocycles. The van der Waals surface area contributed by atoms with E-state index in [-0.39, 0.29) is 11.3 Å². The molecule has 0 aliphatic heterocycles. The van der Waals surface area contributed by atoms with Crippen LogP contribution in [-0.4, -0.2) is 30.4 Å². The van der Waals surface area contributed by atoms with Crippen LogP contribution in [0.3, 0.4) is 0 Å². The van der Waals surface area contributed by atoms with Crippen molar-refractivity contribution in [3.8, 4) is 0 Å². The molecule has 90 valence electrons. The second-order valence-corrected chi connectivity index (χ2v) is 5.61. The van der Waals surface area contributed by atoms with E-state index >= 15 is 0 Å². The smallest absolute Gasteiger partial charge is 0.263 e. The number of rotatable bonds is 5. The Balaban J connectivity index is 2.72. The first-order chi connectivity index (χ1) is 7.50. The zero-order chi connectivity index (χ0) is 12.2. The summed E-state index contributed by atoms with van der Waals surface area (Å²) in [5.41, 5.74) is 5.67. The van der Waals surface area contributed by atoms with Gasteiger partial charge in [-0.05, 0) is 30.3 Å². The molecular weight excluding hydrogens is 220 g/mol. The number of carbonyl (C=O) groups is 1. The Bertz CT molecular complexity index is 333. The van der Waals surface area contributed by atoms with Crippen molar-refractivity contribution in [1.82, 2.24) is 4.90 Å². The molecular formula is C12H20N2OS. The molecule has 2 N–H and O–H groups in total. The monoisotopic (exact) mass is 240 g/mol. The van der Waals surface area contributed by atoms with Crippen molar-refractivity contribution in [3.05, 3.63) is 22.4 Å². The predicted octanol–water partition coefficient (Wildman–Crippen LogP) is 2.20. The summed E-state index contributed by atoms with van der Waals surface area (Å²) in [4.78, 5) is 14.8. The van der Waals surface area contributed by atoms with Gasteiger partial charge in [0.05, 0.1) is 4.88 Å². The molecule has 1 aromatic heterocycles. The maximum Gasteiger partial charge on any atom is 0.263 e. The Morgan fingerprint density at radius 2 is 2.25 bits per heavy atom. The Labute approximate surface area is 101 Å². The number of hydrogen-bond donors (Lipinski definition) is 1. The van der Waals surface area contributed by atoms with Crippen molar-refractivity contribution in [2.45, 2.75) is 20.8 Å². The number of carbonyl (C=O) groups excluding carboxylic acids is 1. The molecule has 1 amide bonds. The summed E-state index contributed by atoms with van der Waals surface area (Å²) in [5.74, 6) is 0.110. The van der Waals surface area contributed by atoms with Crippen molar-refractivity contribution in [2.75, 3.05) is 19.6 Å². The second kappa shape index (κ2) is 5.46. The first-order valence-electron chi connectivity index (χ1n) is 5.53. The van der Waals surface area contributed by atoms with Crippen LogP contribution in [0.5, 0.6) is 0 Å². The summed E-state index contributed by atoms with van der Waals surface area (Å²) in [7, 11) is 0. The predicted molar refractivity (Wildman–Crippen MR) is 68.7 cm³/mol. The van der Waals surface area contributed by atoms with Gasteiger partial charge >= 0.3 is 0 Å². The van der Waals surface area contributed by atoms with E-state index in [4.69, 9.17) is 5.73 Å². The van der Waals surface area contributed by atoms with Gasteiger partial charge in [0.25, 0.3) is 5.91 Å². The zero-order valence-corrected chi connectivity index (χ0v) is 11.0. The van der Waals surface area contributed by atoms with Crippen LogP contribution >= 0.6 is 11.3 Å². The molecule has 1 rings (SSSR count). The van der Waals surface area contributed by atoms with Gasteiger partial charge in [0.1, 0.15) is 0 Å². The molecule has 0 spiro atoms. The third kappa shape index (κ3) is 3.32. The summed E-state index contributed by atoms with van der Waals surface area (Å²) >= 11 is 1.49. The standard InChI is InChI=1S/C12H20N2OS/c1-4-14(9-12(2,3)8-13)11(15)10-6-5-7-16-10/h5-7H,4,8-9,13H2,1-3H3. The van der Waals surface area contributed by atoms with Crippen LogP contribution in [-0.2, 0) is 0 Å². The topological polar surface area (TPSA) is 46.3 Å². The fourth-order valence-corrected chi connectivity index (χ4v) is 2.16. The van der Waals surface area contributed by atoms with Crippen molar-refractivity contribution in [1.29, 1.82) is 0 Å². The van der Waals surface area contributed by atoms with Crippen LogP contribution in [0.4, 0.5) is 0 Å². The van der Waals surface area contributed by atoms with E-state index in [1.54, 1.807) is 0 Å². The van der Waals surface area contributed by atoms with Gasteiger partial charge in [-0.2, -0.15) is 0 Å². The number of amides is 1. The van der Waals surface area contributed by atoms with Crippen molar-refractivity contribution >= 4 is 17.2 Å². The first kappa shape index (κ1) is 13.2. The van der Waals surface area contributed by atoms with Crippen LogP contribution in [0.15, 0.2) is 17.5 Å². The van der Waals surface area contributed by atoms with Crippen molar-refractivity contribution < 1.29 is 4.79 Å². The average Bonchev–Trinajstić information content (AvgIpc) is 2.78. The van der Waals surface area contributed by atoms with E-state index in [1.165, 1.54) is 11.3 Å². The lowest BCUT2D eigenvalue weighted by Crippen LogP contribution is -2.41. The molecule has 0 saturated carbocycles. The van der Waals surface area contributed by atoms with Crippen LogP contribution < -0.4 is 5.73 Å². The van der Waals surface area contributed by atoms with Gasteiger partial charge in [0.15, 0.2) is 0 Å². The van der Waals surface area contributed by atoms with Gasteiger partial charge in [0.2, 0.25) is 0 Å². The molecule has 0 aliphatic carbocycles. The molecule has 3 nitrogen and oxygen atoms in total. The SMILES string of the molecule is CCN(CC(C)(C)CN)C(=O)c1cccs1. The number of thiophene rings is 1. The summed E-state index contributed by atoms with van der Waals surface area (Å²) in [6, 6.07) is 3.77. The minimum absolute atomic E-state index is 0.0249. The van der Waals surface area contributed by atoms with Crippen LogP contribution in [0.25, 0.3) is 0 Å². The maximum atomic E-state index is 12.1. The molecule has 1 aromatic rings. The fourth-order valence-electron chi connectivity index (χ4n) is 1.46. The zero-order valence-electron chi connectivity index (χ0n) is 10.2. The molecule has 0 bridgehead atoms.